The second-order valence-corrected chi connectivity index (χ2v) is 7.31. The van der Waals surface area contributed by atoms with Crippen LogP contribution in [0.4, 0.5) is 0 Å². The van der Waals surface area contributed by atoms with Gasteiger partial charge in [-0.3, -0.25) is 0 Å². The predicted octanol–water partition coefficient (Wildman–Crippen LogP) is 4.45. The minimum Gasteiger partial charge on any atom is -0.371 e. The van der Waals surface area contributed by atoms with Crippen molar-refractivity contribution in [3.63, 3.8) is 0 Å². The maximum absolute atomic E-state index is 6.38. The lowest BCUT2D eigenvalue weighted by Gasteiger charge is -2.24. The molecule has 1 N–H and O–H groups in total. The molecule has 1 spiro atoms. The fourth-order valence-corrected chi connectivity index (χ4v) is 3.68. The van der Waals surface area contributed by atoms with E-state index in [0.29, 0.717) is 11.7 Å². The van der Waals surface area contributed by atoms with Crippen molar-refractivity contribution in [1.82, 2.24) is 5.32 Å². The third-order valence-electron chi connectivity index (χ3n) is 4.77. The van der Waals surface area contributed by atoms with Crippen LogP contribution in [-0.2, 0) is 4.74 Å². The number of hydrogen-bond donors (Lipinski definition) is 1. The fourth-order valence-electron chi connectivity index (χ4n) is 3.68. The minimum atomic E-state index is 0.295. The Kier molecular flexibility index (Phi) is 6.10. The summed E-state index contributed by atoms with van der Waals surface area (Å²) >= 11 is 0. The average Bonchev–Trinajstić information content (AvgIpc) is 3.00. The van der Waals surface area contributed by atoms with Crippen molar-refractivity contribution >= 4 is 0 Å². The Hall–Kier alpha value is -0.340. The molecular weight excluding hydrogens is 246 g/mol. The zero-order valence-corrected chi connectivity index (χ0v) is 13.7. The molecule has 2 heteroatoms. The highest BCUT2D eigenvalue weighted by atomic mass is 16.5. The summed E-state index contributed by atoms with van der Waals surface area (Å²) in [7, 11) is 0. The number of rotatable bonds is 7. The molecule has 2 rings (SSSR count). The normalized spacial score (nSPS) is 26.0. The van der Waals surface area contributed by atoms with Crippen LogP contribution in [0.15, 0.2) is 11.6 Å². The van der Waals surface area contributed by atoms with Crippen molar-refractivity contribution in [2.24, 2.45) is 5.92 Å². The quantitative estimate of drug-likeness (QED) is 0.549. The highest BCUT2D eigenvalue weighted by Crippen LogP contribution is 2.44. The summed E-state index contributed by atoms with van der Waals surface area (Å²) in [4.78, 5) is 0. The molecule has 20 heavy (non-hydrogen) atoms. The van der Waals surface area contributed by atoms with Gasteiger partial charge in [0.25, 0.3) is 0 Å². The van der Waals surface area contributed by atoms with Crippen LogP contribution >= 0.6 is 0 Å². The van der Waals surface area contributed by atoms with E-state index in [1.807, 2.05) is 0 Å². The van der Waals surface area contributed by atoms with Gasteiger partial charge in [-0.2, -0.15) is 0 Å². The summed E-state index contributed by atoms with van der Waals surface area (Å²) < 4.78 is 6.38. The highest BCUT2D eigenvalue weighted by Gasteiger charge is 2.41. The van der Waals surface area contributed by atoms with E-state index in [1.165, 1.54) is 44.1 Å². The van der Waals surface area contributed by atoms with Gasteiger partial charge >= 0.3 is 0 Å². The average molecular weight is 279 g/mol. The van der Waals surface area contributed by atoms with Gasteiger partial charge in [0.2, 0.25) is 0 Å². The van der Waals surface area contributed by atoms with Crippen LogP contribution in [-0.4, -0.2) is 24.8 Å². The molecule has 1 saturated heterocycles. The molecule has 116 valence electrons. The van der Waals surface area contributed by atoms with Crippen molar-refractivity contribution in [2.75, 3.05) is 13.1 Å². The monoisotopic (exact) mass is 279 g/mol. The van der Waals surface area contributed by atoms with E-state index in [0.717, 1.165) is 31.8 Å². The molecule has 0 aromatic heterocycles. The molecule has 0 aromatic carbocycles. The van der Waals surface area contributed by atoms with Gasteiger partial charge in [-0.05, 0) is 64.5 Å². The van der Waals surface area contributed by atoms with E-state index in [4.69, 9.17) is 4.74 Å². The fraction of sp³-hybridized carbons (Fsp3) is 0.889. The molecule has 2 fully saturated rings. The second-order valence-electron chi connectivity index (χ2n) is 7.31. The maximum Gasteiger partial charge on any atom is 0.0687 e. The van der Waals surface area contributed by atoms with E-state index in [-0.39, 0.29) is 0 Å². The van der Waals surface area contributed by atoms with Gasteiger partial charge in [-0.1, -0.05) is 38.3 Å². The van der Waals surface area contributed by atoms with Crippen molar-refractivity contribution in [1.29, 1.82) is 0 Å². The number of ether oxygens (including phenoxy) is 1. The smallest absolute Gasteiger partial charge is 0.0687 e. The van der Waals surface area contributed by atoms with Gasteiger partial charge in [0, 0.05) is 0 Å². The standard InChI is InChI=1S/C18H33NO/c1-15(2)14-19-12-6-7-16(3)13-17-8-11-18(20-17)9-4-5-10-18/h7,15,17,19H,4-6,8-14H2,1-3H3/b16-7-. The van der Waals surface area contributed by atoms with E-state index in [1.54, 1.807) is 0 Å². The predicted molar refractivity (Wildman–Crippen MR) is 86.0 cm³/mol. The van der Waals surface area contributed by atoms with Crippen LogP contribution in [0.3, 0.4) is 0 Å². The number of nitrogens with one attached hydrogen (secondary N) is 1. The zero-order valence-electron chi connectivity index (χ0n) is 13.7. The Balaban J connectivity index is 1.63. The molecule has 2 nitrogen and oxygen atoms in total. The van der Waals surface area contributed by atoms with Crippen LogP contribution in [0.5, 0.6) is 0 Å². The Bertz CT molecular complexity index is 315. The Labute approximate surface area is 125 Å². The third kappa shape index (κ3) is 4.89. The first kappa shape index (κ1) is 16.0. The summed E-state index contributed by atoms with van der Waals surface area (Å²) in [6, 6.07) is 0. The largest absolute Gasteiger partial charge is 0.371 e. The molecule has 0 radical (unpaired) electrons. The lowest BCUT2D eigenvalue weighted by molar-refractivity contribution is -0.0354. The molecular formula is C18H33NO. The van der Waals surface area contributed by atoms with Gasteiger partial charge in [0.1, 0.15) is 0 Å². The van der Waals surface area contributed by atoms with Crippen LogP contribution < -0.4 is 5.32 Å². The summed E-state index contributed by atoms with van der Waals surface area (Å²) in [5.41, 5.74) is 1.81. The molecule has 1 atom stereocenters. The molecule has 0 bridgehead atoms. The summed E-state index contributed by atoms with van der Waals surface area (Å²) in [5.74, 6) is 0.745. The van der Waals surface area contributed by atoms with E-state index in [2.05, 4.69) is 32.2 Å². The highest BCUT2D eigenvalue weighted by molar-refractivity contribution is 5.03. The molecule has 1 aliphatic carbocycles. The molecule has 1 saturated carbocycles. The maximum atomic E-state index is 6.38. The summed E-state index contributed by atoms with van der Waals surface area (Å²) in [6.07, 6.45) is 13.1. The first-order valence-corrected chi connectivity index (χ1v) is 8.64. The lowest BCUT2D eigenvalue weighted by Crippen LogP contribution is -2.24. The van der Waals surface area contributed by atoms with Gasteiger partial charge in [-0.25, -0.2) is 0 Å². The van der Waals surface area contributed by atoms with E-state index in [9.17, 15) is 0 Å². The Morgan fingerprint density at radius 1 is 1.30 bits per heavy atom. The van der Waals surface area contributed by atoms with E-state index < -0.39 is 0 Å². The van der Waals surface area contributed by atoms with E-state index >= 15 is 0 Å². The topological polar surface area (TPSA) is 21.3 Å². The van der Waals surface area contributed by atoms with Gasteiger partial charge in [0.15, 0.2) is 0 Å². The molecule has 1 unspecified atom stereocenters. The van der Waals surface area contributed by atoms with Crippen LogP contribution in [0, 0.1) is 5.92 Å². The lowest BCUT2D eigenvalue weighted by atomic mass is 9.97. The minimum absolute atomic E-state index is 0.295. The second kappa shape index (κ2) is 7.61. The van der Waals surface area contributed by atoms with Gasteiger partial charge in [0.05, 0.1) is 11.7 Å². The Morgan fingerprint density at radius 3 is 2.75 bits per heavy atom. The van der Waals surface area contributed by atoms with Crippen molar-refractivity contribution in [3.05, 3.63) is 11.6 Å². The van der Waals surface area contributed by atoms with Crippen LogP contribution in [0.2, 0.25) is 0 Å². The molecule has 0 aromatic rings. The molecule has 0 amide bonds. The van der Waals surface area contributed by atoms with Crippen LogP contribution in [0.25, 0.3) is 0 Å². The third-order valence-corrected chi connectivity index (χ3v) is 4.77. The summed E-state index contributed by atoms with van der Waals surface area (Å²) in [5, 5.41) is 3.50. The zero-order chi connectivity index (χ0) is 14.4. The van der Waals surface area contributed by atoms with Gasteiger partial charge < -0.3 is 10.1 Å². The van der Waals surface area contributed by atoms with Crippen molar-refractivity contribution in [2.45, 2.75) is 83.8 Å². The van der Waals surface area contributed by atoms with Crippen molar-refractivity contribution in [3.8, 4) is 0 Å². The molecule has 2 aliphatic rings. The van der Waals surface area contributed by atoms with Gasteiger partial charge in [-0.15, -0.1) is 0 Å². The first-order valence-electron chi connectivity index (χ1n) is 8.64. The number of hydrogen-bond acceptors (Lipinski definition) is 2. The molecule has 1 aliphatic heterocycles. The SMILES string of the molecule is C/C(=C/CCNCC(C)C)CC1CCC2(CCCC2)O1. The molecule has 1 heterocycles. The van der Waals surface area contributed by atoms with Crippen LogP contribution in [0.1, 0.15) is 72.1 Å². The first-order chi connectivity index (χ1) is 9.60. The summed E-state index contributed by atoms with van der Waals surface area (Å²) in [6.45, 7) is 9.01. The Morgan fingerprint density at radius 2 is 2.05 bits per heavy atom. The van der Waals surface area contributed by atoms with Crippen molar-refractivity contribution < 1.29 is 4.74 Å².